The molecule has 1 fully saturated rings. The number of halogens is 1. The minimum atomic E-state index is -0.256. The molecule has 0 saturated heterocycles. The molecule has 1 amide bonds. The normalized spacial score (nSPS) is 20.2. The highest BCUT2D eigenvalue weighted by atomic mass is 19.1. The molecule has 0 radical (unpaired) electrons. The van der Waals surface area contributed by atoms with Gasteiger partial charge in [-0.15, -0.1) is 0 Å². The molecule has 1 aliphatic carbocycles. The maximum Gasteiger partial charge on any atom is 0.220 e. The van der Waals surface area contributed by atoms with E-state index in [9.17, 15) is 14.3 Å². The highest BCUT2D eigenvalue weighted by Crippen LogP contribution is 2.32. The van der Waals surface area contributed by atoms with Crippen molar-refractivity contribution in [2.24, 2.45) is 0 Å². The van der Waals surface area contributed by atoms with Crippen molar-refractivity contribution in [3.05, 3.63) is 59.7 Å². The van der Waals surface area contributed by atoms with Gasteiger partial charge in [-0.2, -0.15) is 0 Å². The van der Waals surface area contributed by atoms with Crippen molar-refractivity contribution in [2.45, 2.75) is 50.5 Å². The van der Waals surface area contributed by atoms with Crippen molar-refractivity contribution < 1.29 is 14.3 Å². The Bertz CT molecular complexity index is 693. The van der Waals surface area contributed by atoms with Gasteiger partial charge in [0.2, 0.25) is 5.91 Å². The third kappa shape index (κ3) is 5.02. The number of aryl methyl sites for hydroxylation is 1. The van der Waals surface area contributed by atoms with Crippen molar-refractivity contribution in [2.75, 3.05) is 0 Å². The maximum absolute atomic E-state index is 12.9. The van der Waals surface area contributed by atoms with Crippen molar-refractivity contribution in [3.63, 3.8) is 0 Å². The second-order valence-corrected chi connectivity index (χ2v) is 6.68. The summed E-state index contributed by atoms with van der Waals surface area (Å²) in [4.78, 5) is 16.4. The Balaban J connectivity index is 1.41. The predicted octanol–water partition coefficient (Wildman–Crippen LogP) is 3.70. The summed E-state index contributed by atoms with van der Waals surface area (Å²) in [5.74, 6) is 0.377. The molecule has 0 atom stereocenters. The minimum Gasteiger partial charge on any atom is -0.506 e. The first-order chi connectivity index (χ1) is 12.1. The molecule has 0 unspecified atom stereocenters. The number of aromatic nitrogens is 1. The molecule has 132 valence electrons. The first-order valence-corrected chi connectivity index (χ1v) is 8.79. The van der Waals surface area contributed by atoms with Crippen molar-refractivity contribution in [3.8, 4) is 5.75 Å². The van der Waals surface area contributed by atoms with E-state index in [1.807, 2.05) is 6.07 Å². The van der Waals surface area contributed by atoms with E-state index >= 15 is 0 Å². The van der Waals surface area contributed by atoms with Crippen LogP contribution in [-0.2, 0) is 11.2 Å². The summed E-state index contributed by atoms with van der Waals surface area (Å²) in [6, 6.07) is 10.1. The SMILES string of the molecule is O=C(CCc1ccc(F)cc1)N[C@H]1CC[C@H](c2ccc(O)cn2)CC1. The molecule has 5 heteroatoms. The molecule has 1 aromatic heterocycles. The van der Waals surface area contributed by atoms with Gasteiger partial charge in [-0.25, -0.2) is 4.39 Å². The summed E-state index contributed by atoms with van der Waals surface area (Å²) in [6.45, 7) is 0. The number of nitrogens with one attached hydrogen (secondary N) is 1. The fraction of sp³-hybridized carbons (Fsp3) is 0.400. The minimum absolute atomic E-state index is 0.0514. The average molecular weight is 342 g/mol. The quantitative estimate of drug-likeness (QED) is 0.871. The van der Waals surface area contributed by atoms with Gasteiger partial charge in [0.15, 0.2) is 0 Å². The Labute approximate surface area is 147 Å². The molecule has 0 spiro atoms. The third-order valence-corrected chi connectivity index (χ3v) is 4.84. The number of benzene rings is 1. The number of hydrogen-bond acceptors (Lipinski definition) is 3. The summed E-state index contributed by atoms with van der Waals surface area (Å²) in [5.41, 5.74) is 1.98. The molecule has 25 heavy (non-hydrogen) atoms. The molecule has 1 aliphatic rings. The lowest BCUT2D eigenvalue weighted by molar-refractivity contribution is -0.122. The van der Waals surface area contributed by atoms with Crippen LogP contribution >= 0.6 is 0 Å². The Hall–Kier alpha value is -2.43. The molecule has 1 saturated carbocycles. The Morgan fingerprint density at radius 2 is 1.84 bits per heavy atom. The van der Waals surface area contributed by atoms with Crippen LogP contribution in [0.2, 0.25) is 0 Å². The van der Waals surface area contributed by atoms with E-state index in [4.69, 9.17) is 0 Å². The number of pyridine rings is 1. The average Bonchev–Trinajstić information content (AvgIpc) is 2.63. The van der Waals surface area contributed by atoms with Crippen LogP contribution in [-0.4, -0.2) is 22.0 Å². The van der Waals surface area contributed by atoms with Crippen LogP contribution in [0, 0.1) is 5.82 Å². The van der Waals surface area contributed by atoms with Gasteiger partial charge in [-0.05, 0) is 61.9 Å². The summed E-state index contributed by atoms with van der Waals surface area (Å²) < 4.78 is 12.9. The monoisotopic (exact) mass is 342 g/mol. The van der Waals surface area contributed by atoms with E-state index in [1.54, 1.807) is 18.2 Å². The maximum atomic E-state index is 12.9. The second-order valence-electron chi connectivity index (χ2n) is 6.68. The molecule has 2 aromatic rings. The standard InChI is InChI=1S/C20H23FN2O2/c21-16-6-1-14(2-7-16)3-12-20(25)23-17-8-4-15(5-9-17)19-11-10-18(24)13-22-19/h1-2,6-7,10-11,13,15,17,24H,3-5,8-9,12H2,(H,23,25)/t15-,17-. The number of amides is 1. The topological polar surface area (TPSA) is 62.2 Å². The highest BCUT2D eigenvalue weighted by molar-refractivity contribution is 5.76. The molecule has 1 heterocycles. The lowest BCUT2D eigenvalue weighted by atomic mass is 9.84. The molecule has 4 nitrogen and oxygen atoms in total. The number of rotatable bonds is 5. The van der Waals surface area contributed by atoms with E-state index in [1.165, 1.54) is 18.3 Å². The van der Waals surface area contributed by atoms with E-state index < -0.39 is 0 Å². The summed E-state index contributed by atoms with van der Waals surface area (Å²) in [7, 11) is 0. The zero-order chi connectivity index (χ0) is 17.6. The first-order valence-electron chi connectivity index (χ1n) is 8.79. The van der Waals surface area contributed by atoms with E-state index in [0.29, 0.717) is 18.8 Å². The largest absolute Gasteiger partial charge is 0.506 e. The van der Waals surface area contributed by atoms with Gasteiger partial charge in [-0.1, -0.05) is 12.1 Å². The van der Waals surface area contributed by atoms with Crippen molar-refractivity contribution in [1.29, 1.82) is 0 Å². The lowest BCUT2D eigenvalue weighted by Gasteiger charge is -2.28. The van der Waals surface area contributed by atoms with Crippen LogP contribution in [0.3, 0.4) is 0 Å². The fourth-order valence-electron chi connectivity index (χ4n) is 3.38. The fourth-order valence-corrected chi connectivity index (χ4v) is 3.38. The smallest absolute Gasteiger partial charge is 0.220 e. The van der Waals surface area contributed by atoms with Gasteiger partial charge in [0.1, 0.15) is 11.6 Å². The number of hydrogen-bond donors (Lipinski definition) is 2. The molecule has 3 rings (SSSR count). The predicted molar refractivity (Wildman–Crippen MR) is 93.8 cm³/mol. The van der Waals surface area contributed by atoms with Crippen LogP contribution in [0.4, 0.5) is 4.39 Å². The lowest BCUT2D eigenvalue weighted by Crippen LogP contribution is -2.37. The summed E-state index contributed by atoms with van der Waals surface area (Å²) in [6.07, 6.45) is 6.38. The van der Waals surface area contributed by atoms with Gasteiger partial charge in [-0.3, -0.25) is 9.78 Å². The van der Waals surface area contributed by atoms with Gasteiger partial charge in [0, 0.05) is 24.1 Å². The number of aromatic hydroxyl groups is 1. The summed E-state index contributed by atoms with van der Waals surface area (Å²) >= 11 is 0. The molecule has 0 bridgehead atoms. The van der Waals surface area contributed by atoms with Crippen LogP contribution in [0.1, 0.15) is 49.3 Å². The number of carbonyl (C=O) groups is 1. The first kappa shape index (κ1) is 17.4. The van der Waals surface area contributed by atoms with Crippen LogP contribution in [0.15, 0.2) is 42.6 Å². The Morgan fingerprint density at radius 3 is 2.48 bits per heavy atom. The van der Waals surface area contributed by atoms with E-state index in [-0.39, 0.29) is 23.5 Å². The van der Waals surface area contributed by atoms with Crippen LogP contribution < -0.4 is 5.32 Å². The zero-order valence-electron chi connectivity index (χ0n) is 14.1. The van der Waals surface area contributed by atoms with Crippen LogP contribution in [0.25, 0.3) is 0 Å². The highest BCUT2D eigenvalue weighted by Gasteiger charge is 2.24. The number of nitrogens with zero attached hydrogens (tertiary/aromatic N) is 1. The van der Waals surface area contributed by atoms with Gasteiger partial charge in [0.25, 0.3) is 0 Å². The number of carbonyl (C=O) groups excluding carboxylic acids is 1. The van der Waals surface area contributed by atoms with Gasteiger partial charge < -0.3 is 10.4 Å². The van der Waals surface area contributed by atoms with Crippen molar-refractivity contribution >= 4 is 5.91 Å². The molecule has 1 aromatic carbocycles. The molecule has 2 N–H and O–H groups in total. The Morgan fingerprint density at radius 1 is 1.12 bits per heavy atom. The second kappa shape index (κ2) is 8.10. The van der Waals surface area contributed by atoms with Gasteiger partial charge >= 0.3 is 0 Å². The van der Waals surface area contributed by atoms with E-state index in [0.717, 1.165) is 36.9 Å². The van der Waals surface area contributed by atoms with Crippen LogP contribution in [0.5, 0.6) is 5.75 Å². The third-order valence-electron chi connectivity index (χ3n) is 4.84. The summed E-state index contributed by atoms with van der Waals surface area (Å²) in [5, 5.41) is 12.4. The van der Waals surface area contributed by atoms with E-state index in [2.05, 4.69) is 10.3 Å². The van der Waals surface area contributed by atoms with Crippen molar-refractivity contribution in [1.82, 2.24) is 10.3 Å². The Kier molecular flexibility index (Phi) is 5.64. The molecular weight excluding hydrogens is 319 g/mol. The molecular formula is C20H23FN2O2. The molecule has 0 aliphatic heterocycles. The van der Waals surface area contributed by atoms with Gasteiger partial charge in [0.05, 0.1) is 6.20 Å². The zero-order valence-corrected chi connectivity index (χ0v) is 14.1.